The minimum atomic E-state index is -4.37. The summed E-state index contributed by atoms with van der Waals surface area (Å²) < 4.78 is 54.4. The van der Waals surface area contributed by atoms with E-state index in [2.05, 4.69) is 6.20 Å². The number of hydrogen-bond donors (Lipinski definition) is 0. The molecule has 0 aliphatic carbocycles. The molecule has 1 heterocycles. The van der Waals surface area contributed by atoms with Gasteiger partial charge in [0.2, 0.25) is 0 Å². The number of ether oxygens (including phenoxy) is 1. The van der Waals surface area contributed by atoms with E-state index in [4.69, 9.17) is 4.74 Å². The van der Waals surface area contributed by atoms with Crippen molar-refractivity contribution in [3.05, 3.63) is 47.0 Å². The Balaban J connectivity index is 2.19. The number of halogens is 3. The molecule has 3 nitrogen and oxygen atoms in total. The summed E-state index contributed by atoms with van der Waals surface area (Å²) in [4.78, 5) is 1.68. The first-order valence-corrected chi connectivity index (χ1v) is 7.12. The van der Waals surface area contributed by atoms with Gasteiger partial charge in [0.15, 0.2) is 0 Å². The molecule has 0 radical (unpaired) electrons. The molecule has 0 aromatic heterocycles. The molecule has 20 heavy (non-hydrogen) atoms. The highest BCUT2D eigenvalue weighted by Gasteiger charge is 2.30. The van der Waals surface area contributed by atoms with Gasteiger partial charge in [-0.3, -0.25) is 4.21 Å². The SMILES string of the molecule is COCCN1[C-]=CS(=O)C1c1ccc(C(F)(F)F)cc1. The summed E-state index contributed by atoms with van der Waals surface area (Å²) in [6.07, 6.45) is -1.53. The molecule has 0 N–H and O–H groups in total. The number of methoxy groups -OCH3 is 1. The minimum Gasteiger partial charge on any atom is -0.536 e. The van der Waals surface area contributed by atoms with Crippen LogP contribution in [0.3, 0.4) is 0 Å². The average molecular weight is 304 g/mol. The third-order valence-electron chi connectivity index (χ3n) is 2.90. The molecule has 1 aromatic rings. The fourth-order valence-electron chi connectivity index (χ4n) is 1.90. The first-order chi connectivity index (χ1) is 9.43. The Kier molecular flexibility index (Phi) is 4.49. The highest BCUT2D eigenvalue weighted by Crippen LogP contribution is 2.33. The third-order valence-corrected chi connectivity index (χ3v) is 4.20. The van der Waals surface area contributed by atoms with Crippen molar-refractivity contribution in [2.75, 3.05) is 20.3 Å². The highest BCUT2D eigenvalue weighted by molar-refractivity contribution is 7.88. The molecule has 0 saturated heterocycles. The van der Waals surface area contributed by atoms with Crippen molar-refractivity contribution in [3.8, 4) is 0 Å². The van der Waals surface area contributed by atoms with Crippen LogP contribution in [0.5, 0.6) is 0 Å². The van der Waals surface area contributed by atoms with Crippen molar-refractivity contribution >= 4 is 10.8 Å². The van der Waals surface area contributed by atoms with Crippen LogP contribution in [0.25, 0.3) is 0 Å². The maximum absolute atomic E-state index is 12.5. The number of nitrogens with zero attached hydrogens (tertiary/aromatic N) is 1. The predicted molar refractivity (Wildman–Crippen MR) is 68.7 cm³/mol. The predicted octanol–water partition coefficient (Wildman–Crippen LogP) is 2.69. The fourth-order valence-corrected chi connectivity index (χ4v) is 3.11. The smallest absolute Gasteiger partial charge is 0.416 e. The van der Waals surface area contributed by atoms with Gasteiger partial charge in [-0.2, -0.15) is 18.6 Å². The van der Waals surface area contributed by atoms with E-state index in [-0.39, 0.29) is 0 Å². The van der Waals surface area contributed by atoms with E-state index in [1.807, 2.05) is 0 Å². The molecular formula is C13H13F3NO2S-. The van der Waals surface area contributed by atoms with E-state index in [9.17, 15) is 17.4 Å². The van der Waals surface area contributed by atoms with E-state index in [1.54, 1.807) is 12.0 Å². The topological polar surface area (TPSA) is 29.5 Å². The van der Waals surface area contributed by atoms with Crippen molar-refractivity contribution < 1.29 is 22.1 Å². The molecule has 0 saturated carbocycles. The zero-order chi connectivity index (χ0) is 14.8. The molecule has 0 amide bonds. The highest BCUT2D eigenvalue weighted by atomic mass is 32.2. The molecule has 2 unspecified atom stereocenters. The summed E-state index contributed by atoms with van der Waals surface area (Å²) in [5.41, 5.74) is -0.154. The summed E-state index contributed by atoms with van der Waals surface area (Å²) in [6, 6.07) is 4.71. The molecule has 0 spiro atoms. The number of rotatable bonds is 4. The fraction of sp³-hybridized carbons (Fsp3) is 0.385. The van der Waals surface area contributed by atoms with Gasteiger partial charge in [0.1, 0.15) is 5.37 Å². The van der Waals surface area contributed by atoms with E-state index in [0.29, 0.717) is 18.7 Å². The van der Waals surface area contributed by atoms with Crippen molar-refractivity contribution in [1.29, 1.82) is 0 Å². The van der Waals surface area contributed by atoms with Crippen LogP contribution >= 0.6 is 0 Å². The lowest BCUT2D eigenvalue weighted by atomic mass is 10.1. The zero-order valence-electron chi connectivity index (χ0n) is 10.7. The molecular weight excluding hydrogens is 291 g/mol. The van der Waals surface area contributed by atoms with Crippen LogP contribution in [-0.4, -0.2) is 29.4 Å². The first-order valence-electron chi connectivity index (χ1n) is 5.85. The van der Waals surface area contributed by atoms with Crippen molar-refractivity contribution in [1.82, 2.24) is 4.90 Å². The molecule has 2 atom stereocenters. The van der Waals surface area contributed by atoms with E-state index in [1.165, 1.54) is 17.5 Å². The standard InChI is InChI=1S/C13H13F3NO2S/c1-19-8-6-17-7-9-20(18)12(17)10-2-4-11(5-3-10)13(14,15)16/h2-5,9,12H,6,8H2,1H3/q-1. The van der Waals surface area contributed by atoms with E-state index in [0.717, 1.165) is 12.1 Å². The molecule has 1 aliphatic rings. The quantitative estimate of drug-likeness (QED) is 0.801. The van der Waals surface area contributed by atoms with Gasteiger partial charge in [0.25, 0.3) is 0 Å². The summed E-state index contributed by atoms with van der Waals surface area (Å²) in [5, 5.41) is 0.908. The molecule has 0 bridgehead atoms. The summed E-state index contributed by atoms with van der Waals surface area (Å²) in [6.45, 7) is 0.902. The Bertz CT molecular complexity index is 513. The van der Waals surface area contributed by atoms with Crippen LogP contribution in [-0.2, 0) is 21.7 Å². The Morgan fingerprint density at radius 3 is 2.55 bits per heavy atom. The van der Waals surface area contributed by atoms with Crippen LogP contribution in [0, 0.1) is 6.20 Å². The van der Waals surface area contributed by atoms with Gasteiger partial charge in [-0.1, -0.05) is 12.1 Å². The monoisotopic (exact) mass is 304 g/mol. The molecule has 110 valence electrons. The van der Waals surface area contributed by atoms with Gasteiger partial charge < -0.3 is 15.8 Å². The number of hydrogen-bond acceptors (Lipinski definition) is 3. The van der Waals surface area contributed by atoms with Gasteiger partial charge in [-0.25, -0.2) is 0 Å². The van der Waals surface area contributed by atoms with Crippen LogP contribution in [0.2, 0.25) is 0 Å². The molecule has 1 aromatic carbocycles. The van der Waals surface area contributed by atoms with Gasteiger partial charge in [0.05, 0.1) is 12.2 Å². The maximum atomic E-state index is 12.5. The van der Waals surface area contributed by atoms with Crippen LogP contribution in [0.1, 0.15) is 16.5 Å². The largest absolute Gasteiger partial charge is 0.536 e. The van der Waals surface area contributed by atoms with Crippen molar-refractivity contribution in [2.45, 2.75) is 11.6 Å². The lowest BCUT2D eigenvalue weighted by Gasteiger charge is -2.34. The average Bonchev–Trinajstić information content (AvgIpc) is 2.76. The van der Waals surface area contributed by atoms with Crippen molar-refractivity contribution in [3.63, 3.8) is 0 Å². The summed E-state index contributed by atoms with van der Waals surface area (Å²) in [7, 11) is 0.226. The Hall–Kier alpha value is -1.34. The normalized spacial score (nSPS) is 22.5. The third kappa shape index (κ3) is 3.21. The molecule has 7 heteroatoms. The van der Waals surface area contributed by atoms with E-state index < -0.39 is 27.9 Å². The first kappa shape index (κ1) is 15.1. The zero-order valence-corrected chi connectivity index (χ0v) is 11.5. The van der Waals surface area contributed by atoms with Gasteiger partial charge in [0, 0.05) is 24.5 Å². The van der Waals surface area contributed by atoms with Gasteiger partial charge in [-0.15, -0.1) is 0 Å². The van der Waals surface area contributed by atoms with Crippen LogP contribution in [0.15, 0.2) is 29.7 Å². The van der Waals surface area contributed by atoms with Crippen molar-refractivity contribution in [2.24, 2.45) is 0 Å². The van der Waals surface area contributed by atoms with Crippen LogP contribution in [0.4, 0.5) is 13.2 Å². The Labute approximate surface area is 117 Å². The minimum absolute atomic E-state index is 0.426. The van der Waals surface area contributed by atoms with Crippen LogP contribution < -0.4 is 0 Å². The Morgan fingerprint density at radius 1 is 1.35 bits per heavy atom. The summed E-state index contributed by atoms with van der Waals surface area (Å²) in [5.74, 6) is 0. The molecule has 0 fully saturated rings. The number of benzene rings is 1. The number of alkyl halides is 3. The molecule has 1 aliphatic heterocycles. The summed E-state index contributed by atoms with van der Waals surface area (Å²) >= 11 is 0. The lowest BCUT2D eigenvalue weighted by Crippen LogP contribution is -2.26. The second-order valence-electron chi connectivity index (χ2n) is 4.23. The Morgan fingerprint density at radius 2 is 2.00 bits per heavy atom. The maximum Gasteiger partial charge on any atom is 0.416 e. The van der Waals surface area contributed by atoms with E-state index >= 15 is 0 Å². The van der Waals surface area contributed by atoms with Gasteiger partial charge in [-0.05, 0) is 17.7 Å². The molecule has 2 rings (SSSR count). The second kappa shape index (κ2) is 5.97. The van der Waals surface area contributed by atoms with Gasteiger partial charge >= 0.3 is 6.18 Å². The second-order valence-corrected chi connectivity index (χ2v) is 5.57. The lowest BCUT2D eigenvalue weighted by molar-refractivity contribution is -0.137.